The Bertz CT molecular complexity index is 255. The number of rotatable bonds is 2. The van der Waals surface area contributed by atoms with Crippen LogP contribution in [0.2, 0.25) is 0 Å². The van der Waals surface area contributed by atoms with E-state index in [4.69, 9.17) is 0 Å². The lowest BCUT2D eigenvalue weighted by Gasteiger charge is -2.32. The van der Waals surface area contributed by atoms with Crippen LogP contribution in [0.4, 0.5) is 0 Å². The fourth-order valence-corrected chi connectivity index (χ4v) is 2.87. The first kappa shape index (κ1) is 13.8. The predicted molar refractivity (Wildman–Crippen MR) is 71.3 cm³/mol. The van der Waals surface area contributed by atoms with E-state index in [0.29, 0.717) is 6.54 Å². The molecule has 0 radical (unpaired) electrons. The first-order valence-electron chi connectivity index (χ1n) is 7.44. The van der Waals surface area contributed by atoms with Gasteiger partial charge in [0.15, 0.2) is 0 Å². The molecule has 0 aliphatic carbocycles. The average Bonchev–Trinajstić information content (AvgIpc) is 2.31. The molecule has 4 nitrogen and oxygen atoms in total. The second-order valence-electron chi connectivity index (χ2n) is 5.66. The smallest absolute Gasteiger partial charge is 0.236 e. The van der Waals surface area contributed by atoms with Crippen molar-refractivity contribution in [2.75, 3.05) is 32.7 Å². The maximum Gasteiger partial charge on any atom is 0.236 e. The highest BCUT2D eigenvalue weighted by Gasteiger charge is 2.21. The van der Waals surface area contributed by atoms with Crippen molar-refractivity contribution in [3.05, 3.63) is 0 Å². The Kier molecular flexibility index (Phi) is 5.45. The molecule has 18 heavy (non-hydrogen) atoms. The van der Waals surface area contributed by atoms with Gasteiger partial charge in [0.1, 0.15) is 0 Å². The minimum Gasteiger partial charge on any atom is -0.393 e. The molecule has 2 aliphatic heterocycles. The van der Waals surface area contributed by atoms with Crippen molar-refractivity contribution in [1.29, 1.82) is 0 Å². The number of nitrogens with zero attached hydrogens (tertiary/aromatic N) is 2. The number of hydrogen-bond donors (Lipinski definition) is 1. The van der Waals surface area contributed by atoms with E-state index in [2.05, 4.69) is 4.90 Å². The van der Waals surface area contributed by atoms with Crippen molar-refractivity contribution in [3.63, 3.8) is 0 Å². The second kappa shape index (κ2) is 7.10. The van der Waals surface area contributed by atoms with Gasteiger partial charge in [0.05, 0.1) is 12.6 Å². The van der Waals surface area contributed by atoms with Crippen LogP contribution in [0.25, 0.3) is 0 Å². The van der Waals surface area contributed by atoms with Crippen molar-refractivity contribution in [1.82, 2.24) is 9.80 Å². The summed E-state index contributed by atoms with van der Waals surface area (Å²) in [6.07, 6.45) is 7.64. The Hall–Kier alpha value is -0.610. The van der Waals surface area contributed by atoms with E-state index in [1.807, 2.05) is 4.90 Å². The molecule has 2 saturated heterocycles. The molecule has 4 heteroatoms. The fraction of sp³-hybridized carbons (Fsp3) is 0.929. The predicted octanol–water partition coefficient (Wildman–Crippen LogP) is 1.24. The van der Waals surface area contributed by atoms with Crippen molar-refractivity contribution >= 4 is 5.91 Å². The minimum atomic E-state index is -0.155. The van der Waals surface area contributed by atoms with E-state index >= 15 is 0 Å². The van der Waals surface area contributed by atoms with Gasteiger partial charge >= 0.3 is 0 Å². The summed E-state index contributed by atoms with van der Waals surface area (Å²) in [6.45, 7) is 4.15. The maximum atomic E-state index is 12.2. The van der Waals surface area contributed by atoms with Crippen molar-refractivity contribution < 1.29 is 9.90 Å². The van der Waals surface area contributed by atoms with Gasteiger partial charge in [-0.1, -0.05) is 19.3 Å². The lowest BCUT2D eigenvalue weighted by Crippen LogP contribution is -2.45. The van der Waals surface area contributed by atoms with Crippen LogP contribution in [0, 0.1) is 0 Å². The van der Waals surface area contributed by atoms with Crippen LogP contribution in [0.5, 0.6) is 0 Å². The molecule has 2 aliphatic rings. The summed E-state index contributed by atoms with van der Waals surface area (Å²) in [5.41, 5.74) is 0. The third-order valence-corrected chi connectivity index (χ3v) is 4.12. The first-order chi connectivity index (χ1) is 8.75. The van der Waals surface area contributed by atoms with Crippen molar-refractivity contribution in [2.45, 2.75) is 51.0 Å². The number of carbonyl (C=O) groups excluding carboxylic acids is 1. The standard InChI is InChI=1S/C14H26N2O2/c17-13-6-10-15(11-7-13)12-14(18)16-8-4-2-1-3-5-9-16/h13,17H,1-12H2. The molecule has 1 amide bonds. The molecule has 0 bridgehead atoms. The molecule has 0 aromatic rings. The number of piperidine rings is 1. The molecule has 0 spiro atoms. The summed E-state index contributed by atoms with van der Waals surface area (Å²) in [4.78, 5) is 16.5. The van der Waals surface area contributed by atoms with Crippen LogP contribution in [-0.2, 0) is 4.79 Å². The summed E-state index contributed by atoms with van der Waals surface area (Å²) in [7, 11) is 0. The number of aliphatic hydroxyl groups excluding tert-OH is 1. The van der Waals surface area contributed by atoms with Crippen LogP contribution in [0.3, 0.4) is 0 Å². The van der Waals surface area contributed by atoms with E-state index in [0.717, 1.165) is 51.9 Å². The summed E-state index contributed by atoms with van der Waals surface area (Å²) in [5, 5.41) is 9.46. The molecule has 2 fully saturated rings. The monoisotopic (exact) mass is 254 g/mol. The zero-order chi connectivity index (χ0) is 12.8. The average molecular weight is 254 g/mol. The number of carbonyl (C=O) groups is 1. The fourth-order valence-electron chi connectivity index (χ4n) is 2.87. The van der Waals surface area contributed by atoms with Gasteiger partial charge < -0.3 is 10.0 Å². The normalized spacial score (nSPS) is 24.6. The summed E-state index contributed by atoms with van der Waals surface area (Å²) < 4.78 is 0. The molecule has 0 aromatic carbocycles. The van der Waals surface area contributed by atoms with Crippen LogP contribution in [-0.4, -0.2) is 59.6 Å². The Morgan fingerprint density at radius 2 is 1.50 bits per heavy atom. The van der Waals surface area contributed by atoms with Gasteiger partial charge in [-0.05, 0) is 25.7 Å². The van der Waals surface area contributed by atoms with Gasteiger partial charge in [-0.25, -0.2) is 0 Å². The van der Waals surface area contributed by atoms with Gasteiger partial charge in [-0.3, -0.25) is 9.69 Å². The van der Waals surface area contributed by atoms with Crippen LogP contribution < -0.4 is 0 Å². The zero-order valence-corrected chi connectivity index (χ0v) is 11.3. The molecule has 104 valence electrons. The Morgan fingerprint density at radius 1 is 0.944 bits per heavy atom. The molecule has 0 saturated carbocycles. The highest BCUT2D eigenvalue weighted by Crippen LogP contribution is 2.13. The van der Waals surface area contributed by atoms with Crippen molar-refractivity contribution in [3.8, 4) is 0 Å². The highest BCUT2D eigenvalue weighted by molar-refractivity contribution is 5.78. The number of amides is 1. The maximum absolute atomic E-state index is 12.2. The molecule has 0 atom stereocenters. The SMILES string of the molecule is O=C(CN1CCC(O)CC1)N1CCCCCCC1. The van der Waals surface area contributed by atoms with E-state index < -0.39 is 0 Å². The summed E-state index contributed by atoms with van der Waals surface area (Å²) in [5.74, 6) is 0.285. The van der Waals surface area contributed by atoms with E-state index in [1.54, 1.807) is 0 Å². The van der Waals surface area contributed by atoms with Crippen LogP contribution in [0.1, 0.15) is 44.9 Å². The third-order valence-electron chi connectivity index (χ3n) is 4.12. The van der Waals surface area contributed by atoms with E-state index in [1.165, 1.54) is 19.3 Å². The molecular weight excluding hydrogens is 228 g/mol. The largest absolute Gasteiger partial charge is 0.393 e. The van der Waals surface area contributed by atoms with Crippen molar-refractivity contribution in [2.24, 2.45) is 0 Å². The second-order valence-corrected chi connectivity index (χ2v) is 5.66. The number of hydrogen-bond acceptors (Lipinski definition) is 3. The third kappa shape index (κ3) is 4.25. The van der Waals surface area contributed by atoms with Gasteiger partial charge in [0, 0.05) is 26.2 Å². The molecule has 0 aromatic heterocycles. The van der Waals surface area contributed by atoms with E-state index in [9.17, 15) is 9.90 Å². The lowest BCUT2D eigenvalue weighted by molar-refractivity contribution is -0.133. The first-order valence-corrected chi connectivity index (χ1v) is 7.44. The van der Waals surface area contributed by atoms with Gasteiger partial charge in [0.25, 0.3) is 0 Å². The summed E-state index contributed by atoms with van der Waals surface area (Å²) >= 11 is 0. The van der Waals surface area contributed by atoms with Crippen LogP contribution >= 0.6 is 0 Å². The van der Waals surface area contributed by atoms with Gasteiger partial charge in [-0.15, -0.1) is 0 Å². The Morgan fingerprint density at radius 3 is 2.11 bits per heavy atom. The zero-order valence-electron chi connectivity index (χ0n) is 11.3. The summed E-state index contributed by atoms with van der Waals surface area (Å²) in [6, 6.07) is 0. The van der Waals surface area contributed by atoms with Gasteiger partial charge in [0.2, 0.25) is 5.91 Å². The van der Waals surface area contributed by atoms with Crippen LogP contribution in [0.15, 0.2) is 0 Å². The number of likely N-dealkylation sites (tertiary alicyclic amines) is 2. The molecule has 1 N–H and O–H groups in total. The highest BCUT2D eigenvalue weighted by atomic mass is 16.3. The minimum absolute atomic E-state index is 0.155. The van der Waals surface area contributed by atoms with Gasteiger partial charge in [-0.2, -0.15) is 0 Å². The topological polar surface area (TPSA) is 43.8 Å². The number of aliphatic hydroxyl groups is 1. The Labute approximate surface area is 110 Å². The molecule has 0 unspecified atom stereocenters. The lowest BCUT2D eigenvalue weighted by atomic mass is 10.1. The van der Waals surface area contributed by atoms with E-state index in [-0.39, 0.29) is 12.0 Å². The Balaban J connectivity index is 1.75. The molecule has 2 rings (SSSR count). The molecular formula is C14H26N2O2. The molecule has 2 heterocycles. The quantitative estimate of drug-likeness (QED) is 0.806.